The highest BCUT2D eigenvalue weighted by Gasteiger charge is 2.12. The van der Waals surface area contributed by atoms with E-state index in [1.54, 1.807) is 12.1 Å². The van der Waals surface area contributed by atoms with Crippen LogP contribution < -0.4 is 15.5 Å². The number of urea groups is 1. The predicted octanol–water partition coefficient (Wildman–Crippen LogP) is 3.59. The molecule has 0 fully saturated rings. The van der Waals surface area contributed by atoms with Gasteiger partial charge in [0.15, 0.2) is 0 Å². The van der Waals surface area contributed by atoms with Gasteiger partial charge in [0.25, 0.3) is 0 Å². The summed E-state index contributed by atoms with van der Waals surface area (Å²) in [6.45, 7) is 7.89. The number of anilines is 2. The van der Waals surface area contributed by atoms with Crippen LogP contribution in [0.2, 0.25) is 0 Å². The highest BCUT2D eigenvalue weighted by atomic mass is 19.1. The maximum Gasteiger partial charge on any atom is 0.319 e. The first-order valence-electron chi connectivity index (χ1n) is 6.95. The topological polar surface area (TPSA) is 44.4 Å². The number of halogens is 1. The van der Waals surface area contributed by atoms with Gasteiger partial charge in [-0.3, -0.25) is 0 Å². The average Bonchev–Trinajstić information content (AvgIpc) is 2.37. The SMILES string of the molecule is CCC(C)NC(=O)Nc1ccc(N(C)C(C)C)c(F)c1. The van der Waals surface area contributed by atoms with Crippen molar-refractivity contribution in [1.82, 2.24) is 5.32 Å². The van der Waals surface area contributed by atoms with Crippen molar-refractivity contribution in [3.63, 3.8) is 0 Å². The zero-order valence-corrected chi connectivity index (χ0v) is 12.8. The number of nitrogens with one attached hydrogen (secondary N) is 2. The molecule has 5 heteroatoms. The first-order valence-corrected chi connectivity index (χ1v) is 6.95. The lowest BCUT2D eigenvalue weighted by Gasteiger charge is -2.24. The largest absolute Gasteiger partial charge is 0.370 e. The Morgan fingerprint density at radius 2 is 2.00 bits per heavy atom. The number of rotatable bonds is 5. The quantitative estimate of drug-likeness (QED) is 0.866. The first kappa shape index (κ1) is 16.3. The molecule has 112 valence electrons. The molecule has 2 N–H and O–H groups in total. The van der Waals surface area contributed by atoms with Gasteiger partial charge in [-0.25, -0.2) is 9.18 Å². The summed E-state index contributed by atoms with van der Waals surface area (Å²) in [5, 5.41) is 5.40. The van der Waals surface area contributed by atoms with E-state index in [4.69, 9.17) is 0 Å². The number of hydrogen-bond donors (Lipinski definition) is 2. The van der Waals surface area contributed by atoms with E-state index in [2.05, 4.69) is 10.6 Å². The lowest BCUT2D eigenvalue weighted by molar-refractivity contribution is 0.249. The van der Waals surface area contributed by atoms with Gasteiger partial charge >= 0.3 is 6.03 Å². The summed E-state index contributed by atoms with van der Waals surface area (Å²) in [6.07, 6.45) is 0.847. The van der Waals surface area contributed by atoms with Crippen LogP contribution in [-0.4, -0.2) is 25.2 Å². The van der Waals surface area contributed by atoms with Crippen LogP contribution in [-0.2, 0) is 0 Å². The fourth-order valence-corrected chi connectivity index (χ4v) is 1.64. The zero-order chi connectivity index (χ0) is 15.3. The van der Waals surface area contributed by atoms with E-state index in [-0.39, 0.29) is 23.9 Å². The van der Waals surface area contributed by atoms with Gasteiger partial charge in [0.1, 0.15) is 5.82 Å². The second-order valence-electron chi connectivity index (χ2n) is 5.28. The Balaban J connectivity index is 2.75. The van der Waals surface area contributed by atoms with Crippen molar-refractivity contribution in [1.29, 1.82) is 0 Å². The van der Waals surface area contributed by atoms with E-state index in [0.29, 0.717) is 11.4 Å². The van der Waals surface area contributed by atoms with Crippen molar-refractivity contribution in [3.8, 4) is 0 Å². The number of hydrogen-bond acceptors (Lipinski definition) is 2. The number of carbonyl (C=O) groups is 1. The van der Waals surface area contributed by atoms with Crippen LogP contribution in [0.3, 0.4) is 0 Å². The van der Waals surface area contributed by atoms with Crippen LogP contribution in [0.1, 0.15) is 34.1 Å². The second kappa shape index (κ2) is 7.12. The molecule has 20 heavy (non-hydrogen) atoms. The third kappa shape index (κ3) is 4.40. The van der Waals surface area contributed by atoms with Crippen molar-refractivity contribution in [2.75, 3.05) is 17.3 Å². The molecule has 0 aliphatic heterocycles. The molecule has 2 amide bonds. The molecule has 1 unspecified atom stereocenters. The normalized spacial score (nSPS) is 12.2. The molecule has 0 bridgehead atoms. The van der Waals surface area contributed by atoms with Gasteiger partial charge < -0.3 is 15.5 Å². The third-order valence-corrected chi connectivity index (χ3v) is 3.35. The van der Waals surface area contributed by atoms with E-state index in [1.807, 2.05) is 39.6 Å². The Labute approximate surface area is 120 Å². The Hall–Kier alpha value is -1.78. The highest BCUT2D eigenvalue weighted by Crippen LogP contribution is 2.23. The monoisotopic (exact) mass is 281 g/mol. The fraction of sp³-hybridized carbons (Fsp3) is 0.533. The van der Waals surface area contributed by atoms with Gasteiger partial charge in [-0.15, -0.1) is 0 Å². The highest BCUT2D eigenvalue weighted by molar-refractivity contribution is 5.89. The van der Waals surface area contributed by atoms with Crippen LogP contribution in [0.15, 0.2) is 18.2 Å². The molecular weight excluding hydrogens is 257 g/mol. The number of benzene rings is 1. The van der Waals surface area contributed by atoms with Crippen LogP contribution in [0.25, 0.3) is 0 Å². The average molecular weight is 281 g/mol. The van der Waals surface area contributed by atoms with Gasteiger partial charge in [-0.05, 0) is 45.4 Å². The zero-order valence-electron chi connectivity index (χ0n) is 12.8. The summed E-state index contributed by atoms with van der Waals surface area (Å²) < 4.78 is 14.0. The van der Waals surface area contributed by atoms with Crippen molar-refractivity contribution in [2.24, 2.45) is 0 Å². The first-order chi connectivity index (χ1) is 9.35. The summed E-state index contributed by atoms with van der Waals surface area (Å²) >= 11 is 0. The molecule has 0 radical (unpaired) electrons. The number of nitrogens with zero attached hydrogens (tertiary/aromatic N) is 1. The van der Waals surface area contributed by atoms with Crippen LogP contribution >= 0.6 is 0 Å². The van der Waals surface area contributed by atoms with Gasteiger partial charge in [0.05, 0.1) is 5.69 Å². The fourth-order valence-electron chi connectivity index (χ4n) is 1.64. The molecule has 0 saturated carbocycles. The van der Waals surface area contributed by atoms with Gasteiger partial charge in [0.2, 0.25) is 0 Å². The molecule has 1 rings (SSSR count). The maximum absolute atomic E-state index is 14.0. The lowest BCUT2D eigenvalue weighted by atomic mass is 10.2. The van der Waals surface area contributed by atoms with E-state index in [0.717, 1.165) is 6.42 Å². The van der Waals surface area contributed by atoms with E-state index < -0.39 is 0 Å². The van der Waals surface area contributed by atoms with Crippen LogP contribution in [0, 0.1) is 5.82 Å². The third-order valence-electron chi connectivity index (χ3n) is 3.35. The molecule has 0 aliphatic carbocycles. The van der Waals surface area contributed by atoms with Gasteiger partial charge in [-0.1, -0.05) is 6.92 Å². The van der Waals surface area contributed by atoms with E-state index in [1.165, 1.54) is 6.07 Å². The molecule has 0 aromatic heterocycles. The smallest absolute Gasteiger partial charge is 0.319 e. The summed E-state index contributed by atoms with van der Waals surface area (Å²) in [6, 6.07) is 4.69. The maximum atomic E-state index is 14.0. The molecule has 1 atom stereocenters. The molecule has 4 nitrogen and oxygen atoms in total. The second-order valence-corrected chi connectivity index (χ2v) is 5.28. The molecule has 1 aromatic carbocycles. The van der Waals surface area contributed by atoms with Crippen LogP contribution in [0.4, 0.5) is 20.6 Å². The minimum atomic E-state index is -0.345. The van der Waals surface area contributed by atoms with Crippen molar-refractivity contribution >= 4 is 17.4 Å². The van der Waals surface area contributed by atoms with Gasteiger partial charge in [0, 0.05) is 24.8 Å². The van der Waals surface area contributed by atoms with Crippen molar-refractivity contribution in [3.05, 3.63) is 24.0 Å². The number of amides is 2. The van der Waals surface area contributed by atoms with Crippen molar-refractivity contribution < 1.29 is 9.18 Å². The molecular formula is C15H24FN3O. The Morgan fingerprint density at radius 3 is 2.50 bits per heavy atom. The van der Waals surface area contributed by atoms with Crippen molar-refractivity contribution in [2.45, 2.75) is 46.2 Å². The standard InChI is InChI=1S/C15H24FN3O/c1-6-11(4)17-15(20)18-12-7-8-14(13(16)9-12)19(5)10(2)3/h7-11H,6H2,1-5H3,(H2,17,18,20). The minimum absolute atomic E-state index is 0.0891. The summed E-state index contributed by atoms with van der Waals surface area (Å²) in [5.74, 6) is -0.345. The lowest BCUT2D eigenvalue weighted by Crippen LogP contribution is -2.35. The molecule has 0 heterocycles. The minimum Gasteiger partial charge on any atom is -0.370 e. The van der Waals surface area contributed by atoms with Gasteiger partial charge in [-0.2, -0.15) is 0 Å². The molecule has 1 aromatic rings. The summed E-state index contributed by atoms with van der Waals surface area (Å²) in [5.41, 5.74) is 0.970. The van der Waals surface area contributed by atoms with E-state index in [9.17, 15) is 9.18 Å². The Bertz CT molecular complexity index is 462. The molecule has 0 spiro atoms. The predicted molar refractivity (Wildman–Crippen MR) is 81.8 cm³/mol. The van der Waals surface area contributed by atoms with E-state index >= 15 is 0 Å². The summed E-state index contributed by atoms with van der Waals surface area (Å²) in [7, 11) is 1.84. The Kier molecular flexibility index (Phi) is 5.80. The molecule has 0 aliphatic rings. The summed E-state index contributed by atoms with van der Waals surface area (Å²) in [4.78, 5) is 13.5. The number of carbonyl (C=O) groups excluding carboxylic acids is 1. The molecule has 0 saturated heterocycles. The Morgan fingerprint density at radius 1 is 1.35 bits per heavy atom. The van der Waals surface area contributed by atoms with Crippen LogP contribution in [0.5, 0.6) is 0 Å².